The zero-order valence-electron chi connectivity index (χ0n) is 5.65. The van der Waals surface area contributed by atoms with Crippen LogP contribution in [0, 0.1) is 0 Å². The minimum atomic E-state index is -0.575. The summed E-state index contributed by atoms with van der Waals surface area (Å²) in [5.41, 5.74) is 4.58. The van der Waals surface area contributed by atoms with Crippen molar-refractivity contribution in [1.29, 1.82) is 0 Å². The van der Waals surface area contributed by atoms with Crippen LogP contribution in [0.5, 0.6) is 0 Å². The van der Waals surface area contributed by atoms with Crippen LogP contribution < -0.4 is 11.9 Å². The standard InChI is InChI=1S/C5H13NO.H3N/c1-5(2,7)3-4-6;/h7H,3-4,6H2,1-2H3;1H3. The van der Waals surface area contributed by atoms with Crippen molar-refractivity contribution >= 4 is 0 Å². The number of rotatable bonds is 2. The van der Waals surface area contributed by atoms with Gasteiger partial charge in [-0.25, -0.2) is 0 Å². The van der Waals surface area contributed by atoms with Crippen molar-refractivity contribution in [2.75, 3.05) is 6.54 Å². The Morgan fingerprint density at radius 1 is 1.50 bits per heavy atom. The first-order chi connectivity index (χ1) is 3.06. The second-order valence-corrected chi connectivity index (χ2v) is 2.35. The fourth-order valence-electron chi connectivity index (χ4n) is 0.353. The molecule has 3 heteroatoms. The van der Waals surface area contributed by atoms with E-state index in [9.17, 15) is 0 Å². The van der Waals surface area contributed by atoms with E-state index >= 15 is 0 Å². The Balaban J connectivity index is 0. The molecular formula is C5H16N2O. The van der Waals surface area contributed by atoms with E-state index < -0.39 is 5.60 Å². The van der Waals surface area contributed by atoms with Crippen LogP contribution in [0.4, 0.5) is 0 Å². The van der Waals surface area contributed by atoms with Gasteiger partial charge in [0.05, 0.1) is 5.60 Å². The van der Waals surface area contributed by atoms with Gasteiger partial charge in [-0.05, 0) is 26.8 Å². The topological polar surface area (TPSA) is 81.2 Å². The predicted molar refractivity (Wildman–Crippen MR) is 35.0 cm³/mol. The lowest BCUT2D eigenvalue weighted by atomic mass is 10.1. The molecule has 0 aromatic rings. The molecule has 6 N–H and O–H groups in total. The van der Waals surface area contributed by atoms with E-state index in [2.05, 4.69) is 0 Å². The van der Waals surface area contributed by atoms with Crippen molar-refractivity contribution in [2.45, 2.75) is 25.9 Å². The lowest BCUT2D eigenvalue weighted by Gasteiger charge is -2.13. The zero-order chi connectivity index (χ0) is 5.91. The molecule has 0 spiro atoms. The Hall–Kier alpha value is -0.120. The zero-order valence-corrected chi connectivity index (χ0v) is 5.65. The fourth-order valence-corrected chi connectivity index (χ4v) is 0.353. The smallest absolute Gasteiger partial charge is 0.0603 e. The fraction of sp³-hybridized carbons (Fsp3) is 1.00. The van der Waals surface area contributed by atoms with Gasteiger partial charge in [-0.1, -0.05) is 0 Å². The highest BCUT2D eigenvalue weighted by molar-refractivity contribution is 4.63. The number of hydrogen-bond acceptors (Lipinski definition) is 3. The van der Waals surface area contributed by atoms with Crippen LogP contribution in [0.1, 0.15) is 20.3 Å². The quantitative estimate of drug-likeness (QED) is 0.489. The van der Waals surface area contributed by atoms with Crippen molar-refractivity contribution in [3.63, 3.8) is 0 Å². The summed E-state index contributed by atoms with van der Waals surface area (Å²) in [6.07, 6.45) is 0.674. The molecular weight excluding hydrogens is 104 g/mol. The molecule has 0 rings (SSSR count). The maximum Gasteiger partial charge on any atom is 0.0603 e. The van der Waals surface area contributed by atoms with Crippen LogP contribution in [-0.2, 0) is 0 Å². The van der Waals surface area contributed by atoms with Crippen LogP contribution in [0.15, 0.2) is 0 Å². The summed E-state index contributed by atoms with van der Waals surface area (Å²) >= 11 is 0. The molecule has 0 aliphatic heterocycles. The molecule has 0 aromatic carbocycles. The molecule has 0 fully saturated rings. The van der Waals surface area contributed by atoms with Gasteiger partial charge in [-0.15, -0.1) is 0 Å². The third-order valence-corrected chi connectivity index (χ3v) is 0.756. The van der Waals surface area contributed by atoms with Gasteiger partial charge in [0.1, 0.15) is 0 Å². The van der Waals surface area contributed by atoms with Gasteiger partial charge in [0, 0.05) is 0 Å². The van der Waals surface area contributed by atoms with Gasteiger partial charge >= 0.3 is 0 Å². The molecule has 52 valence electrons. The molecule has 3 nitrogen and oxygen atoms in total. The summed E-state index contributed by atoms with van der Waals surface area (Å²) in [4.78, 5) is 0. The first-order valence-corrected chi connectivity index (χ1v) is 2.49. The van der Waals surface area contributed by atoms with Crippen LogP contribution in [0.2, 0.25) is 0 Å². The van der Waals surface area contributed by atoms with E-state index in [1.54, 1.807) is 13.8 Å². The molecule has 0 saturated carbocycles. The molecule has 8 heavy (non-hydrogen) atoms. The van der Waals surface area contributed by atoms with Crippen LogP contribution in [-0.4, -0.2) is 17.3 Å². The number of nitrogens with two attached hydrogens (primary N) is 1. The third-order valence-electron chi connectivity index (χ3n) is 0.756. The van der Waals surface area contributed by atoms with E-state index in [0.29, 0.717) is 13.0 Å². The molecule has 0 saturated heterocycles. The molecule has 0 atom stereocenters. The van der Waals surface area contributed by atoms with E-state index in [0.717, 1.165) is 0 Å². The number of hydrogen-bond donors (Lipinski definition) is 3. The second kappa shape index (κ2) is 3.83. The highest BCUT2D eigenvalue weighted by Gasteiger charge is 2.08. The predicted octanol–water partition coefficient (Wildman–Crippen LogP) is 0.268. The maximum absolute atomic E-state index is 8.94. The van der Waals surface area contributed by atoms with Crippen molar-refractivity contribution in [1.82, 2.24) is 6.15 Å². The number of aliphatic hydroxyl groups is 1. The minimum Gasteiger partial charge on any atom is -0.390 e. The van der Waals surface area contributed by atoms with Crippen LogP contribution in [0.3, 0.4) is 0 Å². The Kier molecular flexibility index (Phi) is 5.17. The largest absolute Gasteiger partial charge is 0.390 e. The molecule has 0 unspecified atom stereocenters. The Labute approximate surface area is 50.5 Å². The molecule has 0 amide bonds. The summed E-state index contributed by atoms with van der Waals surface area (Å²) in [6.45, 7) is 4.06. The van der Waals surface area contributed by atoms with Gasteiger partial charge in [0.2, 0.25) is 0 Å². The molecule has 0 bridgehead atoms. The van der Waals surface area contributed by atoms with Gasteiger partial charge in [-0.3, -0.25) is 0 Å². The maximum atomic E-state index is 8.94. The van der Waals surface area contributed by atoms with E-state index in [4.69, 9.17) is 10.8 Å². The Morgan fingerprint density at radius 3 is 1.88 bits per heavy atom. The van der Waals surface area contributed by atoms with Crippen molar-refractivity contribution in [3.8, 4) is 0 Å². The minimum absolute atomic E-state index is 0. The lowest BCUT2D eigenvalue weighted by molar-refractivity contribution is 0.0737. The highest BCUT2D eigenvalue weighted by atomic mass is 16.3. The summed E-state index contributed by atoms with van der Waals surface area (Å²) in [6, 6.07) is 0. The van der Waals surface area contributed by atoms with Gasteiger partial charge < -0.3 is 17.0 Å². The normalized spacial score (nSPS) is 10.5. The molecule has 0 radical (unpaired) electrons. The summed E-state index contributed by atoms with van der Waals surface area (Å²) in [5.74, 6) is 0. The average molecular weight is 120 g/mol. The second-order valence-electron chi connectivity index (χ2n) is 2.35. The van der Waals surface area contributed by atoms with Gasteiger partial charge in [0.15, 0.2) is 0 Å². The van der Waals surface area contributed by atoms with E-state index in [1.165, 1.54) is 0 Å². The molecule has 0 aliphatic carbocycles. The summed E-state index contributed by atoms with van der Waals surface area (Å²) in [5, 5.41) is 8.94. The molecule has 0 aliphatic rings. The van der Waals surface area contributed by atoms with Gasteiger partial charge in [0.25, 0.3) is 0 Å². The van der Waals surface area contributed by atoms with E-state index in [-0.39, 0.29) is 6.15 Å². The first-order valence-electron chi connectivity index (χ1n) is 2.49. The van der Waals surface area contributed by atoms with Crippen molar-refractivity contribution in [2.24, 2.45) is 5.73 Å². The van der Waals surface area contributed by atoms with Crippen molar-refractivity contribution in [3.05, 3.63) is 0 Å². The Bertz CT molecular complexity index is 48.9. The molecule has 0 aromatic heterocycles. The van der Waals surface area contributed by atoms with Crippen LogP contribution in [0.25, 0.3) is 0 Å². The van der Waals surface area contributed by atoms with Crippen LogP contribution >= 0.6 is 0 Å². The SMILES string of the molecule is CC(C)(O)CCN.N. The Morgan fingerprint density at radius 2 is 1.88 bits per heavy atom. The monoisotopic (exact) mass is 120 g/mol. The summed E-state index contributed by atoms with van der Waals surface area (Å²) < 4.78 is 0. The summed E-state index contributed by atoms with van der Waals surface area (Å²) in [7, 11) is 0. The van der Waals surface area contributed by atoms with Crippen molar-refractivity contribution < 1.29 is 5.11 Å². The lowest BCUT2D eigenvalue weighted by Crippen LogP contribution is -2.22. The van der Waals surface area contributed by atoms with Gasteiger partial charge in [-0.2, -0.15) is 0 Å². The first kappa shape index (κ1) is 10.8. The highest BCUT2D eigenvalue weighted by Crippen LogP contribution is 2.03. The molecule has 0 heterocycles. The average Bonchev–Trinajstić information content (AvgIpc) is 1.30. The third kappa shape index (κ3) is 9.30. The van der Waals surface area contributed by atoms with E-state index in [1.807, 2.05) is 0 Å².